The lowest BCUT2D eigenvalue weighted by Crippen LogP contribution is -2.40. The second kappa shape index (κ2) is 7.86. The number of fused-ring (bicyclic) bond motifs is 1. The van der Waals surface area contributed by atoms with Gasteiger partial charge < -0.3 is 19.7 Å². The number of carbonyl (C=O) groups excluding carboxylic acids is 2. The first-order valence-corrected chi connectivity index (χ1v) is 8.22. The van der Waals surface area contributed by atoms with Gasteiger partial charge in [0.25, 0.3) is 0 Å². The Kier molecular flexibility index (Phi) is 5.36. The van der Waals surface area contributed by atoms with Gasteiger partial charge in [-0.1, -0.05) is 12.1 Å². The van der Waals surface area contributed by atoms with Crippen LogP contribution < -0.4 is 19.7 Å². The Balaban J connectivity index is 1.56. The van der Waals surface area contributed by atoms with Crippen LogP contribution in [0, 0.1) is 5.82 Å². The fraction of sp³-hybridized carbons (Fsp3) is 0.263. The molecule has 136 valence electrons. The lowest BCUT2D eigenvalue weighted by atomic mass is 10.1. The van der Waals surface area contributed by atoms with Crippen LogP contribution in [-0.4, -0.2) is 31.7 Å². The lowest BCUT2D eigenvalue weighted by molar-refractivity contribution is -0.123. The van der Waals surface area contributed by atoms with Gasteiger partial charge in [-0.05, 0) is 36.2 Å². The molecule has 2 aromatic rings. The van der Waals surface area contributed by atoms with Crippen LogP contribution in [-0.2, 0) is 16.0 Å². The van der Waals surface area contributed by atoms with Gasteiger partial charge in [0, 0.05) is 25.2 Å². The largest absolute Gasteiger partial charge is 0.454 e. The summed E-state index contributed by atoms with van der Waals surface area (Å²) in [5, 5.41) is 2.77. The molecule has 0 saturated heterocycles. The Hall–Kier alpha value is -3.09. The van der Waals surface area contributed by atoms with Crippen molar-refractivity contribution >= 4 is 17.5 Å². The zero-order chi connectivity index (χ0) is 18.5. The Morgan fingerprint density at radius 3 is 2.58 bits per heavy atom. The summed E-state index contributed by atoms with van der Waals surface area (Å²) in [6.45, 7) is 1.84. The van der Waals surface area contributed by atoms with Crippen LogP contribution in [0.25, 0.3) is 0 Å². The molecular formula is C19H19FN2O4. The Bertz CT molecular complexity index is 808. The molecule has 1 aliphatic heterocycles. The van der Waals surface area contributed by atoms with E-state index in [4.69, 9.17) is 9.47 Å². The van der Waals surface area contributed by atoms with E-state index in [9.17, 15) is 14.0 Å². The molecule has 0 aliphatic carbocycles. The van der Waals surface area contributed by atoms with Crippen molar-refractivity contribution in [2.75, 3.05) is 24.8 Å². The fourth-order valence-electron chi connectivity index (χ4n) is 2.63. The first-order chi connectivity index (χ1) is 12.5. The molecule has 26 heavy (non-hydrogen) atoms. The van der Waals surface area contributed by atoms with Crippen LogP contribution in [0.4, 0.5) is 10.1 Å². The second-order valence-electron chi connectivity index (χ2n) is 5.87. The Labute approximate surface area is 150 Å². The van der Waals surface area contributed by atoms with E-state index in [1.165, 1.54) is 24.0 Å². The van der Waals surface area contributed by atoms with E-state index in [-0.39, 0.29) is 31.0 Å². The molecular weight excluding hydrogens is 339 g/mol. The van der Waals surface area contributed by atoms with E-state index in [0.717, 1.165) is 5.56 Å². The van der Waals surface area contributed by atoms with Crippen molar-refractivity contribution in [2.45, 2.75) is 13.3 Å². The predicted octanol–water partition coefficient (Wildman–Crippen LogP) is 2.27. The minimum atomic E-state index is -0.293. The summed E-state index contributed by atoms with van der Waals surface area (Å²) in [6, 6.07) is 11.2. The maximum Gasteiger partial charge on any atom is 0.240 e. The topological polar surface area (TPSA) is 67.9 Å². The normalized spacial score (nSPS) is 11.9. The summed E-state index contributed by atoms with van der Waals surface area (Å²) in [7, 11) is 0. The molecule has 3 rings (SSSR count). The smallest absolute Gasteiger partial charge is 0.240 e. The van der Waals surface area contributed by atoms with Gasteiger partial charge in [0.2, 0.25) is 18.6 Å². The molecule has 0 spiro atoms. The quantitative estimate of drug-likeness (QED) is 0.860. The SMILES string of the molecule is CC(=O)N(CC(=O)NCCc1ccc(F)cc1)c1ccc2c(c1)OCO2. The van der Waals surface area contributed by atoms with Gasteiger partial charge >= 0.3 is 0 Å². The van der Waals surface area contributed by atoms with Crippen molar-refractivity contribution in [3.63, 3.8) is 0 Å². The third-order valence-electron chi connectivity index (χ3n) is 4.00. The molecule has 1 N–H and O–H groups in total. The Morgan fingerprint density at radius 2 is 1.85 bits per heavy atom. The van der Waals surface area contributed by atoms with Crippen molar-refractivity contribution in [1.29, 1.82) is 0 Å². The van der Waals surface area contributed by atoms with Gasteiger partial charge in [-0.3, -0.25) is 9.59 Å². The average Bonchev–Trinajstić information content (AvgIpc) is 3.09. The molecule has 7 heteroatoms. The molecule has 0 aromatic heterocycles. The molecule has 6 nitrogen and oxygen atoms in total. The number of benzene rings is 2. The summed E-state index contributed by atoms with van der Waals surface area (Å²) < 4.78 is 23.4. The molecule has 1 heterocycles. The highest BCUT2D eigenvalue weighted by Gasteiger charge is 2.20. The van der Waals surface area contributed by atoms with Crippen molar-refractivity contribution in [2.24, 2.45) is 0 Å². The number of carbonyl (C=O) groups is 2. The maximum absolute atomic E-state index is 12.9. The molecule has 1 aliphatic rings. The van der Waals surface area contributed by atoms with Crippen LogP contribution in [0.1, 0.15) is 12.5 Å². The van der Waals surface area contributed by atoms with E-state index in [2.05, 4.69) is 5.32 Å². The highest BCUT2D eigenvalue weighted by molar-refractivity contribution is 5.97. The minimum Gasteiger partial charge on any atom is -0.454 e. The fourth-order valence-corrected chi connectivity index (χ4v) is 2.63. The third-order valence-corrected chi connectivity index (χ3v) is 4.00. The predicted molar refractivity (Wildman–Crippen MR) is 93.7 cm³/mol. The number of rotatable bonds is 6. The summed E-state index contributed by atoms with van der Waals surface area (Å²) in [6.07, 6.45) is 0.579. The van der Waals surface area contributed by atoms with E-state index in [1.807, 2.05) is 0 Å². The number of nitrogens with zero attached hydrogens (tertiary/aromatic N) is 1. The van der Waals surface area contributed by atoms with E-state index >= 15 is 0 Å². The Morgan fingerprint density at radius 1 is 1.12 bits per heavy atom. The standard InChI is InChI=1S/C19H19FN2O4/c1-13(23)22(16-6-7-17-18(10-16)26-12-25-17)11-19(24)21-9-8-14-2-4-15(20)5-3-14/h2-7,10H,8-9,11-12H2,1H3,(H,21,24). The molecule has 0 atom stereocenters. The maximum atomic E-state index is 12.9. The van der Waals surface area contributed by atoms with Gasteiger partial charge in [0.1, 0.15) is 12.4 Å². The summed E-state index contributed by atoms with van der Waals surface area (Å²) in [5.41, 5.74) is 1.49. The number of anilines is 1. The number of ether oxygens (including phenoxy) is 2. The summed E-state index contributed by atoms with van der Waals surface area (Å²) in [5.74, 6) is 0.336. The van der Waals surface area contributed by atoms with Gasteiger partial charge in [0.15, 0.2) is 11.5 Å². The van der Waals surface area contributed by atoms with Crippen molar-refractivity contribution in [3.05, 3.63) is 53.8 Å². The summed E-state index contributed by atoms with van der Waals surface area (Å²) >= 11 is 0. The van der Waals surface area contributed by atoms with Crippen LogP contribution in [0.3, 0.4) is 0 Å². The van der Waals surface area contributed by atoms with E-state index in [1.54, 1.807) is 30.3 Å². The molecule has 0 fully saturated rings. The summed E-state index contributed by atoms with van der Waals surface area (Å²) in [4.78, 5) is 25.5. The van der Waals surface area contributed by atoms with Crippen LogP contribution in [0.15, 0.2) is 42.5 Å². The van der Waals surface area contributed by atoms with E-state index in [0.29, 0.717) is 30.2 Å². The van der Waals surface area contributed by atoms with Gasteiger partial charge in [-0.2, -0.15) is 0 Å². The molecule has 2 aromatic carbocycles. The zero-order valence-electron chi connectivity index (χ0n) is 14.3. The van der Waals surface area contributed by atoms with Gasteiger partial charge in [0.05, 0.1) is 0 Å². The number of amides is 2. The molecule has 0 bridgehead atoms. The van der Waals surface area contributed by atoms with Crippen LogP contribution in [0.5, 0.6) is 11.5 Å². The molecule has 2 amide bonds. The molecule has 0 radical (unpaired) electrons. The molecule has 0 saturated carbocycles. The van der Waals surface area contributed by atoms with E-state index < -0.39 is 0 Å². The lowest BCUT2D eigenvalue weighted by Gasteiger charge is -2.21. The van der Waals surface area contributed by atoms with Gasteiger partial charge in [-0.25, -0.2) is 4.39 Å². The number of hydrogen-bond acceptors (Lipinski definition) is 4. The van der Waals surface area contributed by atoms with Gasteiger partial charge in [-0.15, -0.1) is 0 Å². The van der Waals surface area contributed by atoms with Crippen molar-refractivity contribution in [1.82, 2.24) is 5.32 Å². The highest BCUT2D eigenvalue weighted by atomic mass is 19.1. The van der Waals surface area contributed by atoms with Crippen molar-refractivity contribution in [3.8, 4) is 11.5 Å². The first kappa shape index (κ1) is 17.7. The van der Waals surface area contributed by atoms with Crippen molar-refractivity contribution < 1.29 is 23.5 Å². The zero-order valence-corrected chi connectivity index (χ0v) is 14.3. The number of hydrogen-bond donors (Lipinski definition) is 1. The first-order valence-electron chi connectivity index (χ1n) is 8.22. The average molecular weight is 358 g/mol. The minimum absolute atomic E-state index is 0.0988. The second-order valence-corrected chi connectivity index (χ2v) is 5.87. The molecule has 0 unspecified atom stereocenters. The number of halogens is 1. The third kappa shape index (κ3) is 4.30. The number of nitrogens with one attached hydrogen (secondary N) is 1. The van der Waals surface area contributed by atoms with Crippen LogP contribution >= 0.6 is 0 Å². The monoisotopic (exact) mass is 358 g/mol. The highest BCUT2D eigenvalue weighted by Crippen LogP contribution is 2.35. The van der Waals surface area contributed by atoms with Crippen LogP contribution in [0.2, 0.25) is 0 Å².